The molecule has 2 heterocycles. The highest BCUT2D eigenvalue weighted by Gasteiger charge is 2.18. The number of thiophene rings is 1. The van der Waals surface area contributed by atoms with Crippen molar-refractivity contribution in [2.45, 2.75) is 13.0 Å². The summed E-state index contributed by atoms with van der Waals surface area (Å²) in [6, 6.07) is 12.4. The number of benzene rings is 1. The standard InChI is InChI=1S/C16H15NOS/c18-16(8-7-15-6-3-11-19-15)17-10-9-13-4-1-2-5-14(13)12-17/h1-8,11H,9-10,12H2. The second-order valence-corrected chi connectivity index (χ2v) is 5.61. The molecule has 19 heavy (non-hydrogen) atoms. The van der Waals surface area contributed by atoms with Gasteiger partial charge in [-0.05, 0) is 35.1 Å². The van der Waals surface area contributed by atoms with Crippen LogP contribution in [0.15, 0.2) is 47.9 Å². The molecule has 0 spiro atoms. The van der Waals surface area contributed by atoms with Crippen LogP contribution in [0, 0.1) is 0 Å². The van der Waals surface area contributed by atoms with Crippen LogP contribution in [0.25, 0.3) is 6.08 Å². The molecule has 1 aliphatic heterocycles. The number of carbonyl (C=O) groups excluding carboxylic acids is 1. The monoisotopic (exact) mass is 269 g/mol. The summed E-state index contributed by atoms with van der Waals surface area (Å²) >= 11 is 1.64. The molecule has 0 radical (unpaired) electrons. The van der Waals surface area contributed by atoms with Crippen molar-refractivity contribution in [1.29, 1.82) is 0 Å². The Morgan fingerprint density at radius 3 is 2.79 bits per heavy atom. The second kappa shape index (κ2) is 5.41. The van der Waals surface area contributed by atoms with E-state index in [0.717, 1.165) is 24.4 Å². The topological polar surface area (TPSA) is 20.3 Å². The van der Waals surface area contributed by atoms with E-state index in [2.05, 4.69) is 18.2 Å². The van der Waals surface area contributed by atoms with E-state index >= 15 is 0 Å². The highest BCUT2D eigenvalue weighted by molar-refractivity contribution is 7.10. The number of carbonyl (C=O) groups is 1. The Bertz CT molecular complexity index is 601. The van der Waals surface area contributed by atoms with Crippen LogP contribution in [0.1, 0.15) is 16.0 Å². The highest BCUT2D eigenvalue weighted by Crippen LogP contribution is 2.19. The van der Waals surface area contributed by atoms with Gasteiger partial charge in [-0.2, -0.15) is 0 Å². The van der Waals surface area contributed by atoms with E-state index in [-0.39, 0.29) is 5.91 Å². The third-order valence-corrected chi connectivity index (χ3v) is 4.21. The van der Waals surface area contributed by atoms with Crippen LogP contribution in [0.5, 0.6) is 0 Å². The third-order valence-electron chi connectivity index (χ3n) is 3.38. The maximum absolute atomic E-state index is 12.1. The normalized spacial score (nSPS) is 14.6. The van der Waals surface area contributed by atoms with Crippen LogP contribution in [-0.2, 0) is 17.8 Å². The predicted octanol–water partition coefficient (Wildman–Crippen LogP) is 3.35. The Hall–Kier alpha value is -1.87. The molecule has 0 N–H and O–H groups in total. The summed E-state index contributed by atoms with van der Waals surface area (Å²) in [6.45, 7) is 1.54. The first-order chi connectivity index (χ1) is 9.33. The largest absolute Gasteiger partial charge is 0.334 e. The Morgan fingerprint density at radius 1 is 1.16 bits per heavy atom. The predicted molar refractivity (Wildman–Crippen MR) is 78.9 cm³/mol. The van der Waals surface area contributed by atoms with Crippen molar-refractivity contribution in [3.63, 3.8) is 0 Å². The van der Waals surface area contributed by atoms with Gasteiger partial charge in [0.1, 0.15) is 0 Å². The van der Waals surface area contributed by atoms with Crippen molar-refractivity contribution >= 4 is 23.3 Å². The molecule has 3 heteroatoms. The molecule has 2 aromatic rings. The van der Waals surface area contributed by atoms with E-state index < -0.39 is 0 Å². The number of hydrogen-bond donors (Lipinski definition) is 0. The Kier molecular flexibility index (Phi) is 3.47. The molecule has 0 bridgehead atoms. The number of fused-ring (bicyclic) bond motifs is 1. The van der Waals surface area contributed by atoms with Crippen molar-refractivity contribution in [1.82, 2.24) is 4.90 Å². The summed E-state index contributed by atoms with van der Waals surface area (Å²) in [5.41, 5.74) is 2.64. The lowest BCUT2D eigenvalue weighted by molar-refractivity contribution is -0.126. The van der Waals surface area contributed by atoms with E-state index in [1.54, 1.807) is 17.4 Å². The van der Waals surface area contributed by atoms with Gasteiger partial charge in [-0.3, -0.25) is 4.79 Å². The fourth-order valence-corrected chi connectivity index (χ4v) is 2.95. The van der Waals surface area contributed by atoms with Crippen LogP contribution in [-0.4, -0.2) is 17.4 Å². The average Bonchev–Trinajstić information content (AvgIpc) is 2.97. The number of amides is 1. The van der Waals surface area contributed by atoms with E-state index in [1.807, 2.05) is 34.6 Å². The van der Waals surface area contributed by atoms with Gasteiger partial charge in [0.2, 0.25) is 5.91 Å². The van der Waals surface area contributed by atoms with Gasteiger partial charge in [0.15, 0.2) is 0 Å². The van der Waals surface area contributed by atoms with Gasteiger partial charge >= 0.3 is 0 Å². The minimum absolute atomic E-state index is 0.0999. The fraction of sp³-hybridized carbons (Fsp3) is 0.188. The van der Waals surface area contributed by atoms with E-state index in [4.69, 9.17) is 0 Å². The van der Waals surface area contributed by atoms with Gasteiger partial charge in [0.05, 0.1) is 0 Å². The zero-order chi connectivity index (χ0) is 13.1. The zero-order valence-corrected chi connectivity index (χ0v) is 11.4. The molecule has 2 nitrogen and oxygen atoms in total. The van der Waals surface area contributed by atoms with Crippen molar-refractivity contribution in [3.8, 4) is 0 Å². The summed E-state index contributed by atoms with van der Waals surface area (Å²) in [5.74, 6) is 0.0999. The molecule has 0 saturated carbocycles. The zero-order valence-electron chi connectivity index (χ0n) is 10.6. The van der Waals surface area contributed by atoms with Crippen LogP contribution in [0.4, 0.5) is 0 Å². The molecular formula is C16H15NOS. The highest BCUT2D eigenvalue weighted by atomic mass is 32.1. The minimum atomic E-state index is 0.0999. The molecule has 0 unspecified atom stereocenters. The third kappa shape index (κ3) is 2.76. The van der Waals surface area contributed by atoms with E-state index in [1.165, 1.54) is 11.1 Å². The molecular weight excluding hydrogens is 254 g/mol. The van der Waals surface area contributed by atoms with Gasteiger partial charge in [-0.25, -0.2) is 0 Å². The van der Waals surface area contributed by atoms with Gasteiger partial charge in [0.25, 0.3) is 0 Å². The number of rotatable bonds is 2. The molecule has 0 saturated heterocycles. The minimum Gasteiger partial charge on any atom is -0.334 e. The molecule has 0 aliphatic carbocycles. The lowest BCUT2D eigenvalue weighted by Crippen LogP contribution is -2.34. The quantitative estimate of drug-likeness (QED) is 0.766. The van der Waals surface area contributed by atoms with Crippen molar-refractivity contribution in [3.05, 3.63) is 63.9 Å². The average molecular weight is 269 g/mol. The van der Waals surface area contributed by atoms with Crippen molar-refractivity contribution < 1.29 is 4.79 Å². The molecule has 1 aromatic heterocycles. The maximum Gasteiger partial charge on any atom is 0.246 e. The summed E-state index contributed by atoms with van der Waals surface area (Å²) in [7, 11) is 0. The molecule has 3 rings (SSSR count). The van der Waals surface area contributed by atoms with Crippen LogP contribution >= 0.6 is 11.3 Å². The first-order valence-electron chi connectivity index (χ1n) is 6.40. The fourth-order valence-electron chi connectivity index (χ4n) is 2.33. The Balaban J connectivity index is 1.69. The summed E-state index contributed by atoms with van der Waals surface area (Å²) in [5, 5.41) is 2.02. The Morgan fingerprint density at radius 2 is 2.00 bits per heavy atom. The molecule has 0 atom stereocenters. The summed E-state index contributed by atoms with van der Waals surface area (Å²) < 4.78 is 0. The van der Waals surface area contributed by atoms with Gasteiger partial charge in [-0.1, -0.05) is 30.3 Å². The Labute approximate surface area is 117 Å². The maximum atomic E-state index is 12.1. The van der Waals surface area contributed by atoms with Crippen LogP contribution < -0.4 is 0 Å². The molecule has 96 valence electrons. The molecule has 1 amide bonds. The lowest BCUT2D eigenvalue weighted by atomic mass is 10.00. The first kappa shape index (κ1) is 12.2. The number of hydrogen-bond acceptors (Lipinski definition) is 2. The molecule has 1 aromatic carbocycles. The SMILES string of the molecule is O=C(C=Cc1cccs1)N1CCc2ccccc2C1. The van der Waals surface area contributed by atoms with Gasteiger partial charge in [0, 0.05) is 24.0 Å². The van der Waals surface area contributed by atoms with Gasteiger partial charge < -0.3 is 4.90 Å². The smallest absolute Gasteiger partial charge is 0.246 e. The summed E-state index contributed by atoms with van der Waals surface area (Å²) in [6.07, 6.45) is 4.53. The molecule has 0 fully saturated rings. The van der Waals surface area contributed by atoms with Crippen LogP contribution in [0.3, 0.4) is 0 Å². The second-order valence-electron chi connectivity index (χ2n) is 4.63. The van der Waals surface area contributed by atoms with Gasteiger partial charge in [-0.15, -0.1) is 11.3 Å². The van der Waals surface area contributed by atoms with E-state index in [9.17, 15) is 4.79 Å². The number of nitrogens with zero attached hydrogens (tertiary/aromatic N) is 1. The van der Waals surface area contributed by atoms with Crippen molar-refractivity contribution in [2.75, 3.05) is 6.54 Å². The van der Waals surface area contributed by atoms with Crippen LogP contribution in [0.2, 0.25) is 0 Å². The van der Waals surface area contributed by atoms with E-state index in [0.29, 0.717) is 0 Å². The summed E-state index contributed by atoms with van der Waals surface area (Å²) in [4.78, 5) is 15.2. The first-order valence-corrected chi connectivity index (χ1v) is 7.28. The molecule has 1 aliphatic rings. The van der Waals surface area contributed by atoms with Crippen molar-refractivity contribution in [2.24, 2.45) is 0 Å². The lowest BCUT2D eigenvalue weighted by Gasteiger charge is -2.27.